The van der Waals surface area contributed by atoms with Gasteiger partial charge in [-0.3, -0.25) is 4.79 Å². The maximum Gasteiger partial charge on any atom is 0.346 e. The lowest BCUT2D eigenvalue weighted by molar-refractivity contribution is 0.0729. The highest BCUT2D eigenvalue weighted by molar-refractivity contribution is 6.11. The Morgan fingerprint density at radius 3 is 2.51 bits per heavy atom. The summed E-state index contributed by atoms with van der Waals surface area (Å²) < 4.78 is 30.3. The molecule has 3 aromatic carbocycles. The summed E-state index contributed by atoms with van der Waals surface area (Å²) in [6.07, 6.45) is 4.19. The van der Waals surface area contributed by atoms with Crippen LogP contribution in [0.4, 0.5) is 4.39 Å². The fourth-order valence-corrected chi connectivity index (χ4v) is 3.86. The molecule has 1 heterocycles. The van der Waals surface area contributed by atoms with Gasteiger partial charge in [0.05, 0.1) is 12.7 Å². The number of rotatable bonds is 6. The molecule has 0 aliphatic carbocycles. The van der Waals surface area contributed by atoms with Crippen molar-refractivity contribution >= 4 is 17.8 Å². The first-order valence-electron chi connectivity index (χ1n) is 11.1. The van der Waals surface area contributed by atoms with Gasteiger partial charge in [0.15, 0.2) is 5.78 Å². The first-order valence-corrected chi connectivity index (χ1v) is 11.1. The summed E-state index contributed by atoms with van der Waals surface area (Å²) in [4.78, 5) is 25.1. The molecule has 1 aliphatic heterocycles. The van der Waals surface area contributed by atoms with E-state index in [2.05, 4.69) is 0 Å². The van der Waals surface area contributed by atoms with Gasteiger partial charge in [0.1, 0.15) is 40.0 Å². The highest BCUT2D eigenvalue weighted by atomic mass is 19.1. The highest BCUT2D eigenvalue weighted by Gasteiger charge is 2.32. The molecule has 0 bridgehead atoms. The maximum atomic E-state index is 13.8. The van der Waals surface area contributed by atoms with E-state index in [1.807, 2.05) is 13.8 Å². The molecule has 6 nitrogen and oxygen atoms in total. The monoisotopic (exact) mass is 476 g/mol. The fourth-order valence-electron chi connectivity index (χ4n) is 3.86. The number of hydrogen-bond donors (Lipinski definition) is 1. The topological polar surface area (TPSA) is 82.1 Å². The lowest BCUT2D eigenvalue weighted by Gasteiger charge is -2.33. The van der Waals surface area contributed by atoms with Crippen LogP contribution in [-0.2, 0) is 6.42 Å². The molecule has 1 aliphatic rings. The quantitative estimate of drug-likeness (QED) is 0.211. The molecule has 35 heavy (non-hydrogen) atoms. The van der Waals surface area contributed by atoms with Crippen LogP contribution in [0.5, 0.6) is 23.0 Å². The van der Waals surface area contributed by atoms with Crippen molar-refractivity contribution in [2.75, 3.05) is 7.11 Å². The summed E-state index contributed by atoms with van der Waals surface area (Å²) in [5.41, 5.74) is 0.788. The first kappa shape index (κ1) is 24.0. The van der Waals surface area contributed by atoms with Crippen molar-refractivity contribution in [2.45, 2.75) is 32.3 Å². The highest BCUT2D eigenvalue weighted by Crippen LogP contribution is 2.44. The van der Waals surface area contributed by atoms with Crippen molar-refractivity contribution < 1.29 is 33.3 Å². The van der Waals surface area contributed by atoms with E-state index in [1.54, 1.807) is 42.5 Å². The minimum Gasteiger partial charge on any atom is -0.507 e. The summed E-state index contributed by atoms with van der Waals surface area (Å²) in [7, 11) is 1.43. The van der Waals surface area contributed by atoms with Crippen molar-refractivity contribution in [1.82, 2.24) is 0 Å². The lowest BCUT2D eigenvalue weighted by atomic mass is 9.91. The zero-order valence-corrected chi connectivity index (χ0v) is 19.6. The number of benzene rings is 3. The molecule has 0 aromatic heterocycles. The molecule has 0 saturated heterocycles. The van der Waals surface area contributed by atoms with Gasteiger partial charge in [-0.25, -0.2) is 9.18 Å². The summed E-state index contributed by atoms with van der Waals surface area (Å²) >= 11 is 0. The molecule has 0 saturated carbocycles. The van der Waals surface area contributed by atoms with Crippen LogP contribution < -0.4 is 14.2 Å². The van der Waals surface area contributed by atoms with E-state index in [1.165, 1.54) is 31.4 Å². The normalized spacial score (nSPS) is 14.2. The third-order valence-electron chi connectivity index (χ3n) is 5.77. The number of aromatic hydroxyl groups is 1. The summed E-state index contributed by atoms with van der Waals surface area (Å²) in [6, 6.07) is 13.6. The zero-order chi connectivity index (χ0) is 25.2. The van der Waals surface area contributed by atoms with Crippen molar-refractivity contribution in [3.8, 4) is 23.0 Å². The van der Waals surface area contributed by atoms with Crippen LogP contribution in [-0.4, -0.2) is 29.6 Å². The van der Waals surface area contributed by atoms with Gasteiger partial charge in [-0.1, -0.05) is 30.3 Å². The van der Waals surface area contributed by atoms with Gasteiger partial charge >= 0.3 is 5.97 Å². The van der Waals surface area contributed by atoms with Gasteiger partial charge in [-0.15, -0.1) is 0 Å². The number of ether oxygens (including phenoxy) is 3. The smallest absolute Gasteiger partial charge is 0.346 e. The summed E-state index contributed by atoms with van der Waals surface area (Å²) in [5, 5.41) is 10.8. The second-order valence-electron chi connectivity index (χ2n) is 8.78. The molecule has 1 N–H and O–H groups in total. The fraction of sp³-hybridized carbons (Fsp3) is 0.214. The molecule has 180 valence electrons. The van der Waals surface area contributed by atoms with Gasteiger partial charge in [-0.05, 0) is 62.6 Å². The van der Waals surface area contributed by atoms with Gasteiger partial charge in [-0.2, -0.15) is 0 Å². The van der Waals surface area contributed by atoms with Gasteiger partial charge in [0.25, 0.3) is 0 Å². The minimum absolute atomic E-state index is 0.0706. The molecule has 0 fully saturated rings. The molecular formula is C28H25FO6. The Labute approximate surface area is 202 Å². The number of esters is 1. The van der Waals surface area contributed by atoms with Crippen molar-refractivity contribution in [1.29, 1.82) is 0 Å². The Morgan fingerprint density at radius 1 is 1.11 bits per heavy atom. The van der Waals surface area contributed by atoms with Crippen LogP contribution in [0.15, 0.2) is 60.7 Å². The average Bonchev–Trinajstić information content (AvgIpc) is 2.82. The lowest BCUT2D eigenvalue weighted by Crippen LogP contribution is -2.32. The molecule has 0 atom stereocenters. The largest absolute Gasteiger partial charge is 0.507 e. The van der Waals surface area contributed by atoms with Crippen molar-refractivity contribution in [3.63, 3.8) is 0 Å². The number of phenolic OH excluding ortho intramolecular Hbond substituents is 1. The Morgan fingerprint density at radius 2 is 1.83 bits per heavy atom. The van der Waals surface area contributed by atoms with Crippen LogP contribution in [0.2, 0.25) is 0 Å². The standard InChI is InChI=1S/C28H25FO6/c1-28(2)15-14-20-23(35-28)16-24(33-3)25(26(20)31)22(30)13-10-17-8-11-18(12-9-17)34-27(32)19-6-4-5-7-21(19)29/h4-13,16,31H,14-15H2,1-3H3/b13-10+. The third-order valence-corrected chi connectivity index (χ3v) is 5.77. The van der Waals surface area contributed by atoms with Crippen molar-refractivity contribution in [3.05, 3.63) is 88.7 Å². The maximum absolute atomic E-state index is 13.8. The van der Waals surface area contributed by atoms with E-state index in [0.29, 0.717) is 29.7 Å². The van der Waals surface area contributed by atoms with E-state index in [-0.39, 0.29) is 34.0 Å². The van der Waals surface area contributed by atoms with Crippen LogP contribution >= 0.6 is 0 Å². The Hall–Kier alpha value is -4.13. The number of methoxy groups -OCH3 is 1. The van der Waals surface area contributed by atoms with Crippen LogP contribution in [0.25, 0.3) is 6.08 Å². The second-order valence-corrected chi connectivity index (χ2v) is 8.78. The van der Waals surface area contributed by atoms with Crippen LogP contribution in [0.3, 0.4) is 0 Å². The van der Waals surface area contributed by atoms with Gasteiger partial charge < -0.3 is 19.3 Å². The molecular weight excluding hydrogens is 451 g/mol. The number of hydrogen-bond acceptors (Lipinski definition) is 6. The number of phenols is 1. The number of fused-ring (bicyclic) bond motifs is 1. The van der Waals surface area contributed by atoms with E-state index < -0.39 is 17.6 Å². The van der Waals surface area contributed by atoms with Gasteiger partial charge in [0.2, 0.25) is 0 Å². The third kappa shape index (κ3) is 5.19. The summed E-state index contributed by atoms with van der Waals surface area (Å²) in [6.45, 7) is 3.93. The van der Waals surface area contributed by atoms with E-state index in [4.69, 9.17) is 14.2 Å². The molecule has 4 rings (SSSR count). The number of allylic oxidation sites excluding steroid dienone is 1. The average molecular weight is 477 g/mol. The first-order chi connectivity index (χ1) is 16.7. The molecule has 0 amide bonds. The predicted octanol–water partition coefficient (Wildman–Crippen LogP) is 5.76. The second kappa shape index (κ2) is 9.62. The SMILES string of the molecule is COc1cc2c(c(O)c1C(=O)/C=C/c1ccc(OC(=O)c3ccccc3F)cc1)CCC(C)(C)O2. The number of carbonyl (C=O) groups excluding carboxylic acids is 2. The minimum atomic E-state index is -0.802. The number of carbonyl (C=O) groups is 2. The Kier molecular flexibility index (Phi) is 6.60. The Balaban J connectivity index is 1.50. The van der Waals surface area contributed by atoms with Crippen LogP contribution in [0, 0.1) is 5.82 Å². The molecule has 0 spiro atoms. The molecule has 0 unspecified atom stereocenters. The predicted molar refractivity (Wildman–Crippen MR) is 129 cm³/mol. The zero-order valence-electron chi connectivity index (χ0n) is 19.6. The van der Waals surface area contributed by atoms with Crippen LogP contribution in [0.1, 0.15) is 52.1 Å². The van der Waals surface area contributed by atoms with E-state index in [9.17, 15) is 19.1 Å². The Bertz CT molecular complexity index is 1310. The molecule has 7 heteroatoms. The molecule has 0 radical (unpaired) electrons. The van der Waals surface area contributed by atoms with Gasteiger partial charge in [0, 0.05) is 11.6 Å². The van der Waals surface area contributed by atoms with E-state index in [0.717, 1.165) is 0 Å². The van der Waals surface area contributed by atoms with Crippen molar-refractivity contribution in [2.24, 2.45) is 0 Å². The summed E-state index contributed by atoms with van der Waals surface area (Å²) in [5.74, 6) is -1.06. The number of halogens is 1. The van der Waals surface area contributed by atoms with E-state index >= 15 is 0 Å². The number of ketones is 1. The molecule has 3 aromatic rings.